The molecular weight excluding hydrogens is 350 g/mol. The van der Waals surface area contributed by atoms with Crippen LogP contribution in [0.4, 0.5) is 0 Å². The second kappa shape index (κ2) is 7.96. The van der Waals surface area contributed by atoms with E-state index in [0.717, 1.165) is 64.6 Å². The predicted molar refractivity (Wildman–Crippen MR) is 100 cm³/mol. The molecule has 0 radical (unpaired) electrons. The largest absolute Gasteiger partial charge is 0.375 e. The second-order valence-corrected chi connectivity index (χ2v) is 8.10. The molecule has 0 unspecified atom stereocenters. The molecule has 0 bridgehead atoms. The zero-order valence-electron chi connectivity index (χ0n) is 15.2. The Hall–Kier alpha value is -1.61. The van der Waals surface area contributed by atoms with Crippen LogP contribution in [0.25, 0.3) is 0 Å². The van der Waals surface area contributed by atoms with Crippen LogP contribution in [-0.2, 0) is 30.9 Å². The Morgan fingerprint density at radius 3 is 2.77 bits per heavy atom. The SMILES string of the molecule is Cc1ccc(=O)n(CCN2CCN(Cc3nc4c(s3)COCC4)CC2)n1. The molecule has 8 heteroatoms. The molecule has 0 saturated carbocycles. The van der Waals surface area contributed by atoms with Crippen molar-refractivity contribution in [3.63, 3.8) is 0 Å². The fourth-order valence-corrected chi connectivity index (χ4v) is 4.55. The number of hydrogen-bond acceptors (Lipinski definition) is 7. The molecule has 7 nitrogen and oxygen atoms in total. The first-order valence-electron chi connectivity index (χ1n) is 9.22. The van der Waals surface area contributed by atoms with Crippen molar-refractivity contribution in [3.05, 3.63) is 43.8 Å². The third-order valence-corrected chi connectivity index (χ3v) is 6.05. The molecule has 0 aromatic carbocycles. The molecule has 2 aromatic rings. The van der Waals surface area contributed by atoms with Gasteiger partial charge in [0.1, 0.15) is 5.01 Å². The molecule has 4 heterocycles. The Kier molecular flexibility index (Phi) is 5.44. The summed E-state index contributed by atoms with van der Waals surface area (Å²) < 4.78 is 7.09. The van der Waals surface area contributed by atoms with Gasteiger partial charge in [0.15, 0.2) is 0 Å². The van der Waals surface area contributed by atoms with Crippen molar-refractivity contribution in [3.8, 4) is 0 Å². The van der Waals surface area contributed by atoms with Crippen LogP contribution in [0.1, 0.15) is 21.3 Å². The Balaban J connectivity index is 1.25. The van der Waals surface area contributed by atoms with Gasteiger partial charge in [0.05, 0.1) is 42.6 Å². The van der Waals surface area contributed by atoms with E-state index in [1.54, 1.807) is 28.2 Å². The van der Waals surface area contributed by atoms with Crippen LogP contribution in [0.2, 0.25) is 0 Å². The summed E-state index contributed by atoms with van der Waals surface area (Å²) in [6, 6.07) is 3.36. The van der Waals surface area contributed by atoms with Gasteiger partial charge in [-0.1, -0.05) is 0 Å². The molecule has 1 saturated heterocycles. The third-order valence-electron chi connectivity index (χ3n) is 4.99. The van der Waals surface area contributed by atoms with Gasteiger partial charge in [-0.05, 0) is 13.0 Å². The van der Waals surface area contributed by atoms with Crippen LogP contribution in [0.5, 0.6) is 0 Å². The smallest absolute Gasteiger partial charge is 0.266 e. The predicted octanol–water partition coefficient (Wildman–Crippen LogP) is 0.899. The summed E-state index contributed by atoms with van der Waals surface area (Å²) in [6.07, 6.45) is 0.950. The first kappa shape index (κ1) is 17.8. The van der Waals surface area contributed by atoms with Gasteiger partial charge in [-0.15, -0.1) is 11.3 Å². The van der Waals surface area contributed by atoms with Crippen LogP contribution in [0.15, 0.2) is 16.9 Å². The topological polar surface area (TPSA) is 63.5 Å². The summed E-state index contributed by atoms with van der Waals surface area (Å²) in [5.41, 5.74) is 2.10. The summed E-state index contributed by atoms with van der Waals surface area (Å²) in [7, 11) is 0. The Labute approximate surface area is 157 Å². The number of thiazole rings is 1. The number of hydrogen-bond donors (Lipinski definition) is 0. The minimum Gasteiger partial charge on any atom is -0.375 e. The van der Waals surface area contributed by atoms with E-state index in [1.165, 1.54) is 15.6 Å². The number of fused-ring (bicyclic) bond motifs is 1. The zero-order chi connectivity index (χ0) is 17.9. The van der Waals surface area contributed by atoms with E-state index in [0.29, 0.717) is 6.54 Å². The number of nitrogens with zero attached hydrogens (tertiary/aromatic N) is 5. The Morgan fingerprint density at radius 1 is 1.15 bits per heavy atom. The Morgan fingerprint density at radius 2 is 1.96 bits per heavy atom. The summed E-state index contributed by atoms with van der Waals surface area (Å²) in [6.45, 7) is 10.0. The Bertz CT molecular complexity index is 787. The standard InChI is InChI=1S/C18H25N5O2S/c1-14-2-3-18(24)23(20-14)10-9-21-5-7-22(8-6-21)12-17-19-15-4-11-25-13-16(15)26-17/h2-3H,4-13H2,1H3. The summed E-state index contributed by atoms with van der Waals surface area (Å²) in [4.78, 5) is 22.8. The van der Waals surface area contributed by atoms with Crippen molar-refractivity contribution in [1.82, 2.24) is 24.6 Å². The van der Waals surface area contributed by atoms with Gasteiger partial charge >= 0.3 is 0 Å². The molecule has 26 heavy (non-hydrogen) atoms. The van der Waals surface area contributed by atoms with E-state index in [9.17, 15) is 4.79 Å². The lowest BCUT2D eigenvalue weighted by Crippen LogP contribution is -2.47. The average Bonchev–Trinajstić information content (AvgIpc) is 3.06. The van der Waals surface area contributed by atoms with E-state index in [1.807, 2.05) is 6.92 Å². The van der Waals surface area contributed by atoms with Crippen LogP contribution in [0, 0.1) is 6.92 Å². The van der Waals surface area contributed by atoms with Gasteiger partial charge in [0.25, 0.3) is 5.56 Å². The monoisotopic (exact) mass is 375 g/mol. The van der Waals surface area contributed by atoms with Gasteiger partial charge in [-0.3, -0.25) is 14.6 Å². The van der Waals surface area contributed by atoms with Gasteiger partial charge in [-0.2, -0.15) is 5.10 Å². The molecule has 2 aliphatic rings. The molecule has 0 N–H and O–H groups in total. The maximum atomic E-state index is 11.8. The average molecular weight is 375 g/mol. The molecule has 140 valence electrons. The number of piperazine rings is 1. The molecule has 0 aliphatic carbocycles. The summed E-state index contributed by atoms with van der Waals surface area (Å²) in [5.74, 6) is 0. The maximum Gasteiger partial charge on any atom is 0.266 e. The van der Waals surface area contributed by atoms with Crippen LogP contribution in [-0.4, -0.2) is 63.9 Å². The lowest BCUT2D eigenvalue weighted by molar-refractivity contribution is 0.112. The normalized spacial score (nSPS) is 18.8. The summed E-state index contributed by atoms with van der Waals surface area (Å²) >= 11 is 1.80. The van der Waals surface area contributed by atoms with Crippen LogP contribution >= 0.6 is 11.3 Å². The number of ether oxygens (including phenoxy) is 1. The molecule has 0 amide bonds. The maximum absolute atomic E-state index is 11.8. The van der Waals surface area contributed by atoms with Gasteiger partial charge in [0, 0.05) is 45.2 Å². The van der Waals surface area contributed by atoms with Gasteiger partial charge in [0.2, 0.25) is 0 Å². The zero-order valence-corrected chi connectivity index (χ0v) is 16.0. The van der Waals surface area contributed by atoms with Crippen LogP contribution < -0.4 is 5.56 Å². The number of rotatable bonds is 5. The van der Waals surface area contributed by atoms with Gasteiger partial charge in [-0.25, -0.2) is 9.67 Å². The van der Waals surface area contributed by atoms with Gasteiger partial charge < -0.3 is 4.74 Å². The van der Waals surface area contributed by atoms with E-state index in [4.69, 9.17) is 9.72 Å². The fraction of sp³-hybridized carbons (Fsp3) is 0.611. The van der Waals surface area contributed by atoms with E-state index in [-0.39, 0.29) is 5.56 Å². The highest BCUT2D eigenvalue weighted by Crippen LogP contribution is 2.24. The van der Waals surface area contributed by atoms with Crippen molar-refractivity contribution >= 4 is 11.3 Å². The van der Waals surface area contributed by atoms with Crippen molar-refractivity contribution in [2.75, 3.05) is 39.3 Å². The van der Waals surface area contributed by atoms with Crippen molar-refractivity contribution in [1.29, 1.82) is 0 Å². The molecule has 0 atom stereocenters. The molecular formula is C18H25N5O2S. The number of aryl methyl sites for hydroxylation is 1. The number of aromatic nitrogens is 3. The molecule has 4 rings (SSSR count). The summed E-state index contributed by atoms with van der Waals surface area (Å²) in [5, 5.41) is 5.52. The van der Waals surface area contributed by atoms with Crippen LogP contribution in [0.3, 0.4) is 0 Å². The third kappa shape index (κ3) is 4.20. The fourth-order valence-electron chi connectivity index (χ4n) is 3.46. The van der Waals surface area contributed by atoms with Crippen molar-refractivity contribution < 1.29 is 4.74 Å². The molecule has 2 aliphatic heterocycles. The minimum absolute atomic E-state index is 0.0223. The quantitative estimate of drug-likeness (QED) is 0.774. The van der Waals surface area contributed by atoms with E-state index >= 15 is 0 Å². The first-order chi connectivity index (χ1) is 12.7. The minimum atomic E-state index is -0.0223. The van der Waals surface area contributed by atoms with E-state index < -0.39 is 0 Å². The molecule has 1 fully saturated rings. The lowest BCUT2D eigenvalue weighted by atomic mass is 10.2. The highest BCUT2D eigenvalue weighted by atomic mass is 32.1. The van der Waals surface area contributed by atoms with Crippen molar-refractivity contribution in [2.45, 2.75) is 33.0 Å². The van der Waals surface area contributed by atoms with E-state index in [2.05, 4.69) is 14.9 Å². The second-order valence-electron chi connectivity index (χ2n) is 6.93. The first-order valence-corrected chi connectivity index (χ1v) is 10.0. The lowest BCUT2D eigenvalue weighted by Gasteiger charge is -2.34. The van der Waals surface area contributed by atoms with Crippen molar-refractivity contribution in [2.24, 2.45) is 0 Å². The molecule has 2 aromatic heterocycles. The highest BCUT2D eigenvalue weighted by Gasteiger charge is 2.20. The molecule has 0 spiro atoms. The highest BCUT2D eigenvalue weighted by molar-refractivity contribution is 7.11.